The van der Waals surface area contributed by atoms with E-state index >= 15 is 0 Å². The number of aliphatic hydroxyl groups is 1. The Labute approximate surface area is 155 Å². The molecule has 0 spiro atoms. The molecule has 7 nitrogen and oxygen atoms in total. The predicted octanol–water partition coefficient (Wildman–Crippen LogP) is 2.63. The number of quaternary nitrogens is 1. The van der Waals surface area contributed by atoms with Gasteiger partial charge in [0.15, 0.2) is 0 Å². The number of hydrogen-bond acceptors (Lipinski definition) is 5. The summed E-state index contributed by atoms with van der Waals surface area (Å²) in [5, 5.41) is 35.1. The van der Waals surface area contributed by atoms with Gasteiger partial charge in [0.05, 0.1) is 31.7 Å². The number of carboxylic acids is 1. The lowest BCUT2D eigenvalue weighted by Gasteiger charge is -2.44. The van der Waals surface area contributed by atoms with E-state index in [0.29, 0.717) is 32.5 Å². The second-order valence-corrected chi connectivity index (χ2v) is 7.40. The molecule has 3 N–H and O–H groups in total. The third kappa shape index (κ3) is 7.07. The van der Waals surface area contributed by atoms with Crippen molar-refractivity contribution in [1.82, 2.24) is 5.32 Å². The van der Waals surface area contributed by atoms with E-state index in [1.807, 2.05) is 6.07 Å². The summed E-state index contributed by atoms with van der Waals surface area (Å²) in [6.07, 6.45) is 9.37. The standard InChI is InChI=1S/C19H32N2O5/c22-18(8-7-16-10-12-26-14-16)9-11-21(25)15-20-13-17(21)5-3-1-2-4-6-19(23)24/h10,12,14,17-18,20,22H,1-9,11,13,15H2,(H,23,24). The molecule has 0 radical (unpaired) electrons. The molecule has 1 aromatic heterocycles. The monoisotopic (exact) mass is 368 g/mol. The van der Waals surface area contributed by atoms with E-state index in [-0.39, 0.29) is 17.1 Å². The number of aliphatic hydroxyl groups excluding tert-OH is 1. The highest BCUT2D eigenvalue weighted by Crippen LogP contribution is 2.23. The summed E-state index contributed by atoms with van der Waals surface area (Å²) >= 11 is 0. The molecule has 2 heterocycles. The highest BCUT2D eigenvalue weighted by Gasteiger charge is 2.33. The second-order valence-electron chi connectivity index (χ2n) is 7.40. The molecule has 7 heteroatoms. The number of rotatable bonds is 13. The van der Waals surface area contributed by atoms with E-state index in [0.717, 1.165) is 44.2 Å². The first-order valence-electron chi connectivity index (χ1n) is 9.69. The Morgan fingerprint density at radius 2 is 2.15 bits per heavy atom. The molecule has 1 aliphatic heterocycles. The van der Waals surface area contributed by atoms with Crippen LogP contribution in [0, 0.1) is 5.21 Å². The summed E-state index contributed by atoms with van der Waals surface area (Å²) in [5.41, 5.74) is 1.07. The molecule has 1 fully saturated rings. The van der Waals surface area contributed by atoms with Gasteiger partial charge in [-0.25, -0.2) is 0 Å². The highest BCUT2D eigenvalue weighted by atomic mass is 16.6. The van der Waals surface area contributed by atoms with Crippen molar-refractivity contribution in [3.63, 3.8) is 0 Å². The van der Waals surface area contributed by atoms with Gasteiger partial charge in [-0.1, -0.05) is 12.8 Å². The SMILES string of the molecule is O=C(O)CCCCCCC1CNC[N+]1([O-])CCC(O)CCc1ccoc1. The number of carbonyl (C=O) groups is 1. The van der Waals surface area contributed by atoms with Crippen molar-refractivity contribution in [2.45, 2.75) is 69.9 Å². The molecule has 0 bridgehead atoms. The first-order valence-corrected chi connectivity index (χ1v) is 9.69. The number of furan rings is 1. The maximum atomic E-state index is 13.1. The lowest BCUT2D eigenvalue weighted by molar-refractivity contribution is -0.893. The molecule has 0 amide bonds. The largest absolute Gasteiger partial charge is 0.632 e. The van der Waals surface area contributed by atoms with E-state index in [1.54, 1.807) is 12.5 Å². The molecule has 2 rings (SSSR count). The first-order chi connectivity index (χ1) is 12.5. The topological polar surface area (TPSA) is 106 Å². The van der Waals surface area contributed by atoms with Crippen molar-refractivity contribution in [3.05, 3.63) is 29.4 Å². The minimum atomic E-state index is -0.744. The Balaban J connectivity index is 1.63. The van der Waals surface area contributed by atoms with Crippen LogP contribution in [-0.4, -0.2) is 52.7 Å². The van der Waals surface area contributed by atoms with Gasteiger partial charge in [-0.05, 0) is 37.3 Å². The molecule has 0 aliphatic carbocycles. The lowest BCUT2D eigenvalue weighted by Crippen LogP contribution is -2.49. The van der Waals surface area contributed by atoms with Crippen LogP contribution >= 0.6 is 0 Å². The van der Waals surface area contributed by atoms with Crippen molar-refractivity contribution in [3.8, 4) is 0 Å². The Morgan fingerprint density at radius 1 is 1.35 bits per heavy atom. The summed E-state index contributed by atoms with van der Waals surface area (Å²) in [5.74, 6) is -0.744. The number of hydrogen-bond donors (Lipinski definition) is 3. The molecule has 0 aromatic carbocycles. The first kappa shape index (κ1) is 20.9. The quantitative estimate of drug-likeness (QED) is 0.281. The van der Waals surface area contributed by atoms with Gasteiger partial charge in [0, 0.05) is 19.3 Å². The van der Waals surface area contributed by atoms with Crippen molar-refractivity contribution < 1.29 is 24.1 Å². The van der Waals surface area contributed by atoms with Gasteiger partial charge in [-0.2, -0.15) is 0 Å². The number of aryl methyl sites for hydroxylation is 1. The fourth-order valence-corrected chi connectivity index (χ4v) is 3.60. The molecule has 26 heavy (non-hydrogen) atoms. The highest BCUT2D eigenvalue weighted by molar-refractivity contribution is 5.66. The van der Waals surface area contributed by atoms with Crippen molar-refractivity contribution in [2.24, 2.45) is 0 Å². The second kappa shape index (κ2) is 10.7. The van der Waals surface area contributed by atoms with Crippen LogP contribution in [-0.2, 0) is 11.2 Å². The summed E-state index contributed by atoms with van der Waals surface area (Å²) < 4.78 is 4.75. The zero-order chi connectivity index (χ0) is 18.8. The van der Waals surface area contributed by atoms with Gasteiger partial charge in [-0.3, -0.25) is 10.1 Å². The minimum absolute atomic E-state index is 0.0375. The Bertz CT molecular complexity index is 522. The van der Waals surface area contributed by atoms with E-state index in [4.69, 9.17) is 9.52 Å². The van der Waals surface area contributed by atoms with Gasteiger partial charge in [0.2, 0.25) is 0 Å². The number of aliphatic carboxylic acids is 1. The van der Waals surface area contributed by atoms with Gasteiger partial charge < -0.3 is 24.5 Å². The Morgan fingerprint density at radius 3 is 2.88 bits per heavy atom. The average Bonchev–Trinajstić information content (AvgIpc) is 3.24. The molecule has 0 saturated carbocycles. The third-order valence-electron chi connectivity index (χ3n) is 5.29. The normalized spacial score (nSPS) is 24.0. The molecule has 3 atom stereocenters. The van der Waals surface area contributed by atoms with Crippen LogP contribution in [0.4, 0.5) is 0 Å². The molecule has 148 valence electrons. The zero-order valence-electron chi connectivity index (χ0n) is 15.4. The van der Waals surface area contributed by atoms with Gasteiger partial charge in [0.25, 0.3) is 0 Å². The molecule has 1 saturated heterocycles. The van der Waals surface area contributed by atoms with Crippen LogP contribution in [0.2, 0.25) is 0 Å². The maximum Gasteiger partial charge on any atom is 0.303 e. The smallest absolute Gasteiger partial charge is 0.303 e. The van der Waals surface area contributed by atoms with E-state index in [2.05, 4.69) is 5.32 Å². The summed E-state index contributed by atoms with van der Waals surface area (Å²) in [6, 6.07) is 1.93. The lowest BCUT2D eigenvalue weighted by atomic mass is 10.0. The van der Waals surface area contributed by atoms with Gasteiger partial charge >= 0.3 is 5.97 Å². The molecule has 3 unspecified atom stereocenters. The summed E-state index contributed by atoms with van der Waals surface area (Å²) in [4.78, 5) is 10.5. The van der Waals surface area contributed by atoms with Crippen molar-refractivity contribution in [1.29, 1.82) is 0 Å². The fraction of sp³-hybridized carbons (Fsp3) is 0.737. The van der Waals surface area contributed by atoms with E-state index in [1.165, 1.54) is 0 Å². The molecule has 1 aliphatic rings. The molecular weight excluding hydrogens is 336 g/mol. The van der Waals surface area contributed by atoms with Crippen molar-refractivity contribution >= 4 is 5.97 Å². The number of unbranched alkanes of at least 4 members (excludes halogenated alkanes) is 3. The van der Waals surface area contributed by atoms with E-state index in [9.17, 15) is 15.1 Å². The van der Waals surface area contributed by atoms with Crippen LogP contribution in [0.3, 0.4) is 0 Å². The number of carboxylic acid groups (broad SMARTS) is 1. The van der Waals surface area contributed by atoms with Crippen LogP contribution in [0.25, 0.3) is 0 Å². The fourth-order valence-electron chi connectivity index (χ4n) is 3.60. The van der Waals surface area contributed by atoms with E-state index < -0.39 is 12.1 Å². The van der Waals surface area contributed by atoms with Gasteiger partial charge in [-0.15, -0.1) is 0 Å². The predicted molar refractivity (Wildman–Crippen MR) is 98.1 cm³/mol. The Kier molecular flexibility index (Phi) is 8.58. The van der Waals surface area contributed by atoms with Crippen molar-refractivity contribution in [2.75, 3.05) is 19.8 Å². The maximum absolute atomic E-state index is 13.1. The third-order valence-corrected chi connectivity index (χ3v) is 5.29. The number of hydroxylamine groups is 3. The molecular formula is C19H32N2O5. The summed E-state index contributed by atoms with van der Waals surface area (Å²) in [6.45, 7) is 1.57. The van der Waals surface area contributed by atoms with Crippen LogP contribution in [0.5, 0.6) is 0 Å². The van der Waals surface area contributed by atoms with Crippen LogP contribution in [0.15, 0.2) is 23.0 Å². The zero-order valence-corrected chi connectivity index (χ0v) is 15.4. The number of nitrogens with zero attached hydrogens (tertiary/aromatic N) is 1. The van der Waals surface area contributed by atoms with Crippen LogP contribution < -0.4 is 5.32 Å². The average molecular weight is 368 g/mol. The molecule has 1 aromatic rings. The Hall–Kier alpha value is -1.41. The summed E-state index contributed by atoms with van der Waals surface area (Å²) in [7, 11) is 0. The van der Waals surface area contributed by atoms with Crippen LogP contribution in [0.1, 0.15) is 56.9 Å². The number of nitrogens with one attached hydrogen (secondary N) is 1. The van der Waals surface area contributed by atoms with Gasteiger partial charge in [0.1, 0.15) is 12.7 Å². The minimum Gasteiger partial charge on any atom is -0.632 e.